The first kappa shape index (κ1) is 13.9. The lowest BCUT2D eigenvalue weighted by Crippen LogP contribution is -2.11. The molecular formula is C16H15FN2O. The second kappa shape index (κ2) is 6.07. The van der Waals surface area contributed by atoms with Gasteiger partial charge >= 0.3 is 0 Å². The van der Waals surface area contributed by atoms with Crippen LogP contribution in [0.15, 0.2) is 42.5 Å². The maximum absolute atomic E-state index is 13.1. The molecule has 0 radical (unpaired) electrons. The van der Waals surface area contributed by atoms with E-state index in [1.165, 1.54) is 12.1 Å². The highest BCUT2D eigenvalue weighted by molar-refractivity contribution is 5.58. The van der Waals surface area contributed by atoms with Gasteiger partial charge in [-0.2, -0.15) is 5.26 Å². The van der Waals surface area contributed by atoms with Crippen LogP contribution in [0.4, 0.5) is 10.1 Å². The van der Waals surface area contributed by atoms with Gasteiger partial charge in [-0.15, -0.1) is 0 Å². The average molecular weight is 270 g/mol. The molecule has 0 heterocycles. The molecule has 0 spiro atoms. The zero-order valence-corrected chi connectivity index (χ0v) is 11.4. The molecule has 0 aliphatic carbocycles. The van der Waals surface area contributed by atoms with Gasteiger partial charge in [-0.3, -0.25) is 0 Å². The second-order valence-electron chi connectivity index (χ2n) is 4.41. The van der Waals surface area contributed by atoms with Crippen LogP contribution >= 0.6 is 0 Å². The number of hydrogen-bond acceptors (Lipinski definition) is 3. The Labute approximate surface area is 117 Å². The minimum atomic E-state index is -0.563. The molecule has 0 fully saturated rings. The lowest BCUT2D eigenvalue weighted by atomic mass is 10.0. The lowest BCUT2D eigenvalue weighted by Gasteiger charge is -2.17. The largest absolute Gasteiger partial charge is 0.495 e. The molecule has 2 aromatic rings. The number of benzene rings is 2. The van der Waals surface area contributed by atoms with Gasteiger partial charge in [0.1, 0.15) is 17.6 Å². The predicted octanol–water partition coefficient (Wildman–Crippen LogP) is 3.82. The maximum Gasteiger partial charge on any atom is 0.141 e. The summed E-state index contributed by atoms with van der Waals surface area (Å²) >= 11 is 0. The van der Waals surface area contributed by atoms with Crippen molar-refractivity contribution in [1.29, 1.82) is 5.26 Å². The smallest absolute Gasteiger partial charge is 0.141 e. The van der Waals surface area contributed by atoms with Crippen LogP contribution in [0, 0.1) is 24.1 Å². The van der Waals surface area contributed by atoms with E-state index in [-0.39, 0.29) is 5.82 Å². The molecule has 1 unspecified atom stereocenters. The Morgan fingerprint density at radius 3 is 2.65 bits per heavy atom. The predicted molar refractivity (Wildman–Crippen MR) is 76.1 cm³/mol. The zero-order chi connectivity index (χ0) is 14.5. The molecule has 2 aromatic carbocycles. The molecule has 0 bridgehead atoms. The highest BCUT2D eigenvalue weighted by Gasteiger charge is 2.15. The Kier molecular flexibility index (Phi) is 4.21. The van der Waals surface area contributed by atoms with E-state index >= 15 is 0 Å². The molecule has 0 aliphatic rings. The number of methoxy groups -OCH3 is 1. The molecule has 0 aromatic heterocycles. The summed E-state index contributed by atoms with van der Waals surface area (Å²) < 4.78 is 18.4. The van der Waals surface area contributed by atoms with Crippen LogP contribution in [0.1, 0.15) is 17.2 Å². The number of halogens is 1. The summed E-state index contributed by atoms with van der Waals surface area (Å²) in [6.45, 7) is 1.78. The fraction of sp³-hybridized carbons (Fsp3) is 0.188. The van der Waals surface area contributed by atoms with Gasteiger partial charge in [0, 0.05) is 0 Å². The van der Waals surface area contributed by atoms with Crippen LogP contribution in [0.2, 0.25) is 0 Å². The summed E-state index contributed by atoms with van der Waals surface area (Å²) in [5, 5.41) is 12.5. The third-order valence-corrected chi connectivity index (χ3v) is 3.08. The standard InChI is InChI=1S/C16H15FN2O/c1-11-9-12(17)7-8-13(11)15(10-18)19-14-5-3-4-6-16(14)20-2/h3-9,15,19H,1-2H3. The first-order chi connectivity index (χ1) is 9.65. The van der Waals surface area contributed by atoms with Crippen molar-refractivity contribution in [2.75, 3.05) is 12.4 Å². The number of nitriles is 1. The molecule has 1 atom stereocenters. The van der Waals surface area contributed by atoms with Crippen molar-refractivity contribution in [3.8, 4) is 11.8 Å². The van der Waals surface area contributed by atoms with Crippen LogP contribution in [0.25, 0.3) is 0 Å². The number of nitrogens with one attached hydrogen (secondary N) is 1. The summed E-state index contributed by atoms with van der Waals surface area (Å²) in [7, 11) is 1.57. The van der Waals surface area contributed by atoms with Gasteiger partial charge in [-0.1, -0.05) is 18.2 Å². The summed E-state index contributed by atoms with van der Waals surface area (Å²) in [5.74, 6) is 0.354. The van der Waals surface area contributed by atoms with Gasteiger partial charge in [0.2, 0.25) is 0 Å². The number of ether oxygens (including phenoxy) is 1. The Morgan fingerprint density at radius 1 is 1.25 bits per heavy atom. The molecule has 0 aliphatic heterocycles. The summed E-state index contributed by atoms with van der Waals surface area (Å²) in [4.78, 5) is 0. The van der Waals surface area contributed by atoms with E-state index in [4.69, 9.17) is 4.74 Å². The lowest BCUT2D eigenvalue weighted by molar-refractivity contribution is 0.416. The second-order valence-corrected chi connectivity index (χ2v) is 4.41. The van der Waals surface area contributed by atoms with Crippen molar-refractivity contribution >= 4 is 5.69 Å². The third kappa shape index (κ3) is 2.89. The van der Waals surface area contributed by atoms with Gasteiger partial charge in [0.15, 0.2) is 0 Å². The van der Waals surface area contributed by atoms with Crippen LogP contribution < -0.4 is 10.1 Å². The van der Waals surface area contributed by atoms with E-state index < -0.39 is 6.04 Å². The van der Waals surface area contributed by atoms with Crippen LogP contribution in [0.5, 0.6) is 5.75 Å². The molecule has 0 saturated carbocycles. The van der Waals surface area contributed by atoms with Gasteiger partial charge < -0.3 is 10.1 Å². The number of rotatable bonds is 4. The third-order valence-electron chi connectivity index (χ3n) is 3.08. The van der Waals surface area contributed by atoms with Crippen LogP contribution in [0.3, 0.4) is 0 Å². The SMILES string of the molecule is COc1ccccc1NC(C#N)c1ccc(F)cc1C. The van der Waals surface area contributed by atoms with Crippen molar-refractivity contribution in [3.05, 3.63) is 59.4 Å². The van der Waals surface area contributed by atoms with Crippen molar-refractivity contribution in [1.82, 2.24) is 0 Å². The summed E-state index contributed by atoms with van der Waals surface area (Å²) in [5.41, 5.74) is 2.21. The van der Waals surface area contributed by atoms with Crippen molar-refractivity contribution < 1.29 is 9.13 Å². The topological polar surface area (TPSA) is 45.0 Å². The van der Waals surface area contributed by atoms with E-state index in [2.05, 4.69) is 11.4 Å². The Bertz CT molecular complexity index is 649. The van der Waals surface area contributed by atoms with Crippen molar-refractivity contribution in [3.63, 3.8) is 0 Å². The minimum absolute atomic E-state index is 0.305. The van der Waals surface area contributed by atoms with E-state index in [0.717, 1.165) is 16.8 Å². The number of para-hydroxylation sites is 2. The molecule has 0 amide bonds. The van der Waals surface area contributed by atoms with E-state index in [9.17, 15) is 9.65 Å². The molecule has 0 saturated heterocycles. The minimum Gasteiger partial charge on any atom is -0.495 e. The molecule has 2 rings (SSSR count). The fourth-order valence-electron chi connectivity index (χ4n) is 2.06. The van der Waals surface area contributed by atoms with Gasteiger partial charge in [0.05, 0.1) is 18.9 Å². The number of hydrogen-bond donors (Lipinski definition) is 1. The number of aryl methyl sites for hydroxylation is 1. The number of nitrogens with zero attached hydrogens (tertiary/aromatic N) is 1. The quantitative estimate of drug-likeness (QED) is 0.918. The normalized spacial score (nSPS) is 11.5. The first-order valence-corrected chi connectivity index (χ1v) is 6.21. The summed E-state index contributed by atoms with van der Waals surface area (Å²) in [6, 6.07) is 13.4. The van der Waals surface area contributed by atoms with Crippen LogP contribution in [-0.2, 0) is 0 Å². The first-order valence-electron chi connectivity index (χ1n) is 6.21. The molecule has 3 nitrogen and oxygen atoms in total. The molecular weight excluding hydrogens is 255 g/mol. The maximum atomic E-state index is 13.1. The molecule has 1 N–H and O–H groups in total. The van der Waals surface area contributed by atoms with E-state index in [1.807, 2.05) is 24.3 Å². The van der Waals surface area contributed by atoms with Gasteiger partial charge in [-0.05, 0) is 42.3 Å². The highest BCUT2D eigenvalue weighted by Crippen LogP contribution is 2.28. The Balaban J connectivity index is 2.32. The van der Waals surface area contributed by atoms with Gasteiger partial charge in [0.25, 0.3) is 0 Å². The average Bonchev–Trinajstić information content (AvgIpc) is 2.46. The fourth-order valence-corrected chi connectivity index (χ4v) is 2.06. The Hall–Kier alpha value is -2.54. The van der Waals surface area contributed by atoms with E-state index in [1.54, 1.807) is 20.1 Å². The Morgan fingerprint density at radius 2 is 2.00 bits per heavy atom. The van der Waals surface area contributed by atoms with Crippen LogP contribution in [-0.4, -0.2) is 7.11 Å². The van der Waals surface area contributed by atoms with Gasteiger partial charge in [-0.25, -0.2) is 4.39 Å². The molecule has 20 heavy (non-hydrogen) atoms. The monoisotopic (exact) mass is 270 g/mol. The van der Waals surface area contributed by atoms with Crippen molar-refractivity contribution in [2.24, 2.45) is 0 Å². The number of anilines is 1. The summed E-state index contributed by atoms with van der Waals surface area (Å²) in [6.07, 6.45) is 0. The zero-order valence-electron chi connectivity index (χ0n) is 11.4. The molecule has 102 valence electrons. The van der Waals surface area contributed by atoms with E-state index in [0.29, 0.717) is 5.75 Å². The molecule has 4 heteroatoms. The van der Waals surface area contributed by atoms with Crippen molar-refractivity contribution in [2.45, 2.75) is 13.0 Å². The highest BCUT2D eigenvalue weighted by atomic mass is 19.1.